The molecule has 0 amide bonds. The number of carbonyl (C=O) groups is 1. The molecule has 1 fully saturated rings. The highest BCUT2D eigenvalue weighted by Gasteiger charge is 2.29. The van der Waals surface area contributed by atoms with Crippen LogP contribution in [0, 0.1) is 11.8 Å². The number of carbonyl (C=O) groups excluding carboxylic acids is 1. The molecule has 0 aromatic carbocycles. The maximum absolute atomic E-state index is 11.2. The summed E-state index contributed by atoms with van der Waals surface area (Å²) in [5.41, 5.74) is 1.50. The number of hydrogen-bond acceptors (Lipinski definition) is 1. The Morgan fingerprint density at radius 1 is 1.36 bits per heavy atom. The summed E-state index contributed by atoms with van der Waals surface area (Å²) in [4.78, 5) is 11.2. The van der Waals surface area contributed by atoms with Gasteiger partial charge in [0.05, 0.1) is 0 Å². The molecule has 2 rings (SSSR count). The third kappa shape index (κ3) is 1.37. The van der Waals surface area contributed by atoms with Gasteiger partial charge in [-0.1, -0.05) is 11.6 Å². The number of rotatable bonds is 0. The van der Waals surface area contributed by atoms with Crippen molar-refractivity contribution in [1.29, 1.82) is 0 Å². The van der Waals surface area contributed by atoms with Gasteiger partial charge in [-0.2, -0.15) is 0 Å². The number of ketones is 1. The van der Waals surface area contributed by atoms with E-state index in [1.165, 1.54) is 18.4 Å². The van der Waals surface area contributed by atoms with Gasteiger partial charge in [0.2, 0.25) is 0 Å². The minimum Gasteiger partial charge on any atom is -0.300 e. The molecular weight excluding hydrogens is 136 g/mol. The molecule has 0 aromatic rings. The molecule has 0 spiro atoms. The van der Waals surface area contributed by atoms with Crippen molar-refractivity contribution in [3.63, 3.8) is 0 Å². The average molecular weight is 150 g/mol. The predicted molar refractivity (Wildman–Crippen MR) is 44.2 cm³/mol. The third-order valence-electron chi connectivity index (χ3n) is 2.77. The first-order chi connectivity index (χ1) is 5.24. The fraction of sp³-hybridized carbons (Fsp3) is 0.700. The van der Waals surface area contributed by atoms with E-state index in [9.17, 15) is 4.79 Å². The van der Waals surface area contributed by atoms with Crippen LogP contribution < -0.4 is 0 Å². The van der Waals surface area contributed by atoms with Crippen LogP contribution in [0.3, 0.4) is 0 Å². The van der Waals surface area contributed by atoms with Gasteiger partial charge in [0, 0.05) is 12.8 Å². The summed E-state index contributed by atoms with van der Waals surface area (Å²) in [6.45, 7) is 2.19. The molecule has 0 aliphatic heterocycles. The molecule has 0 saturated heterocycles. The van der Waals surface area contributed by atoms with Crippen LogP contribution in [0.4, 0.5) is 0 Å². The Labute approximate surface area is 67.5 Å². The van der Waals surface area contributed by atoms with E-state index in [-0.39, 0.29) is 0 Å². The number of Topliss-reactive ketones (excluding diaryl/α,β-unsaturated/α-hetero) is 1. The summed E-state index contributed by atoms with van der Waals surface area (Å²) < 4.78 is 0. The van der Waals surface area contributed by atoms with Crippen molar-refractivity contribution in [2.24, 2.45) is 11.8 Å². The maximum Gasteiger partial charge on any atom is 0.133 e. The van der Waals surface area contributed by atoms with Crippen LogP contribution in [-0.4, -0.2) is 5.78 Å². The van der Waals surface area contributed by atoms with Crippen molar-refractivity contribution < 1.29 is 4.79 Å². The van der Waals surface area contributed by atoms with Crippen LogP contribution in [0.15, 0.2) is 11.6 Å². The van der Waals surface area contributed by atoms with Crippen molar-refractivity contribution >= 4 is 5.78 Å². The average Bonchev–Trinajstić information content (AvgIpc) is 1.82. The Bertz CT molecular complexity index is 215. The zero-order valence-electron chi connectivity index (χ0n) is 6.97. The Balaban J connectivity index is 2.19. The fourth-order valence-electron chi connectivity index (χ4n) is 2.50. The fourth-order valence-corrected chi connectivity index (χ4v) is 2.50. The number of allylic oxidation sites excluding steroid dienone is 2. The van der Waals surface area contributed by atoms with Crippen molar-refractivity contribution in [2.45, 2.75) is 32.6 Å². The second kappa shape index (κ2) is 2.47. The van der Waals surface area contributed by atoms with E-state index in [2.05, 4.69) is 13.0 Å². The van der Waals surface area contributed by atoms with E-state index in [0.717, 1.165) is 12.8 Å². The summed E-state index contributed by atoms with van der Waals surface area (Å²) in [5, 5.41) is 0. The lowest BCUT2D eigenvalue weighted by Gasteiger charge is -2.31. The molecule has 1 saturated carbocycles. The van der Waals surface area contributed by atoms with Gasteiger partial charge in [-0.3, -0.25) is 4.79 Å². The Kier molecular flexibility index (Phi) is 1.59. The maximum atomic E-state index is 11.2. The highest BCUT2D eigenvalue weighted by Crippen LogP contribution is 2.36. The second-order valence-electron chi connectivity index (χ2n) is 4.03. The standard InChI is InChI=1S/C10H14O/c1-7-2-8-4-9(3-7)6-10(11)5-8/h2,8-9H,3-6H2,1H3/t8-,9-/m1/s1. The van der Waals surface area contributed by atoms with Gasteiger partial charge in [0.15, 0.2) is 0 Å². The summed E-state index contributed by atoms with van der Waals surface area (Å²) >= 11 is 0. The lowest BCUT2D eigenvalue weighted by Crippen LogP contribution is -2.25. The van der Waals surface area contributed by atoms with Gasteiger partial charge in [-0.25, -0.2) is 0 Å². The van der Waals surface area contributed by atoms with E-state index < -0.39 is 0 Å². The van der Waals surface area contributed by atoms with Crippen LogP contribution in [0.25, 0.3) is 0 Å². The summed E-state index contributed by atoms with van der Waals surface area (Å²) in [7, 11) is 0. The largest absolute Gasteiger partial charge is 0.300 e. The first-order valence-corrected chi connectivity index (χ1v) is 4.43. The zero-order valence-corrected chi connectivity index (χ0v) is 6.97. The molecule has 0 radical (unpaired) electrons. The Morgan fingerprint density at radius 3 is 2.91 bits per heavy atom. The highest BCUT2D eigenvalue weighted by molar-refractivity contribution is 5.80. The zero-order chi connectivity index (χ0) is 7.84. The molecule has 1 nitrogen and oxygen atoms in total. The molecule has 60 valence electrons. The van der Waals surface area contributed by atoms with Crippen molar-refractivity contribution in [1.82, 2.24) is 0 Å². The summed E-state index contributed by atoms with van der Waals surface area (Å²) in [5.74, 6) is 1.76. The molecule has 2 aliphatic carbocycles. The predicted octanol–water partition coefficient (Wildman–Crippen LogP) is 2.32. The molecular formula is C10H14O. The molecule has 0 aromatic heterocycles. The first-order valence-electron chi connectivity index (χ1n) is 4.43. The summed E-state index contributed by atoms with van der Waals surface area (Å²) in [6.07, 6.45) is 6.40. The van der Waals surface area contributed by atoms with Crippen LogP contribution in [0.1, 0.15) is 32.6 Å². The van der Waals surface area contributed by atoms with Crippen LogP contribution in [-0.2, 0) is 4.79 Å². The smallest absolute Gasteiger partial charge is 0.133 e. The molecule has 0 unspecified atom stereocenters. The highest BCUT2D eigenvalue weighted by atomic mass is 16.1. The summed E-state index contributed by atoms with van der Waals surface area (Å²) in [6, 6.07) is 0. The molecule has 0 N–H and O–H groups in total. The topological polar surface area (TPSA) is 17.1 Å². The van der Waals surface area contributed by atoms with E-state index in [0.29, 0.717) is 17.6 Å². The first kappa shape index (κ1) is 7.08. The molecule has 2 bridgehead atoms. The van der Waals surface area contributed by atoms with Crippen LogP contribution in [0.5, 0.6) is 0 Å². The van der Waals surface area contributed by atoms with Gasteiger partial charge in [0.25, 0.3) is 0 Å². The second-order valence-corrected chi connectivity index (χ2v) is 4.03. The van der Waals surface area contributed by atoms with Gasteiger partial charge in [0.1, 0.15) is 5.78 Å². The van der Waals surface area contributed by atoms with Crippen molar-refractivity contribution in [3.05, 3.63) is 11.6 Å². The molecule has 2 aliphatic rings. The lowest BCUT2D eigenvalue weighted by molar-refractivity contribution is -0.122. The minimum atomic E-state index is 0.481. The molecule has 1 heteroatoms. The van der Waals surface area contributed by atoms with E-state index in [1.54, 1.807) is 0 Å². The van der Waals surface area contributed by atoms with Crippen LogP contribution >= 0.6 is 0 Å². The Hall–Kier alpha value is -0.590. The number of fused-ring (bicyclic) bond motifs is 2. The van der Waals surface area contributed by atoms with Gasteiger partial charge in [-0.15, -0.1) is 0 Å². The van der Waals surface area contributed by atoms with Crippen molar-refractivity contribution in [2.75, 3.05) is 0 Å². The van der Waals surface area contributed by atoms with Gasteiger partial charge in [-0.05, 0) is 31.6 Å². The van der Waals surface area contributed by atoms with E-state index >= 15 is 0 Å². The third-order valence-corrected chi connectivity index (χ3v) is 2.77. The van der Waals surface area contributed by atoms with Crippen molar-refractivity contribution in [3.8, 4) is 0 Å². The molecule has 2 atom stereocenters. The van der Waals surface area contributed by atoms with Gasteiger partial charge < -0.3 is 0 Å². The molecule has 11 heavy (non-hydrogen) atoms. The number of hydrogen-bond donors (Lipinski definition) is 0. The Morgan fingerprint density at radius 2 is 2.18 bits per heavy atom. The van der Waals surface area contributed by atoms with Gasteiger partial charge >= 0.3 is 0 Å². The molecule has 0 heterocycles. The normalized spacial score (nSPS) is 36.8. The van der Waals surface area contributed by atoms with E-state index in [4.69, 9.17) is 0 Å². The monoisotopic (exact) mass is 150 g/mol. The quantitative estimate of drug-likeness (QED) is 0.484. The lowest BCUT2D eigenvalue weighted by atomic mass is 9.73. The van der Waals surface area contributed by atoms with Crippen LogP contribution in [0.2, 0.25) is 0 Å². The SMILES string of the molecule is CC1=C[C@H]2CC(=O)C[C@H](C1)C2. The minimum absolute atomic E-state index is 0.481. The van der Waals surface area contributed by atoms with E-state index in [1.807, 2.05) is 0 Å².